The molecule has 2 rings (SSSR count). The minimum absolute atomic E-state index is 0.0722. The molecule has 3 amide bonds. The summed E-state index contributed by atoms with van der Waals surface area (Å²) in [7, 11) is 0. The normalized spacial score (nSPS) is 10.8. The van der Waals surface area contributed by atoms with E-state index in [0.717, 1.165) is 5.56 Å². The fraction of sp³-hybridized carbons (Fsp3) is 0.412. The Morgan fingerprint density at radius 1 is 1.31 bits per heavy atom. The third-order valence-electron chi connectivity index (χ3n) is 3.37. The van der Waals surface area contributed by atoms with E-state index in [1.807, 2.05) is 43.5 Å². The Morgan fingerprint density at radius 2 is 2.08 bits per heavy atom. The maximum atomic E-state index is 11.9. The van der Waals surface area contributed by atoms with Crippen LogP contribution in [0.15, 0.2) is 29.4 Å². The van der Waals surface area contributed by atoms with Crippen LogP contribution in [0.5, 0.6) is 0 Å². The number of carbonyl (C=O) groups excluding carboxylic acids is 2. The molecule has 1 aromatic carbocycles. The van der Waals surface area contributed by atoms with Crippen molar-refractivity contribution in [3.63, 3.8) is 0 Å². The first-order valence-electron chi connectivity index (χ1n) is 8.30. The molecule has 1 aromatic heterocycles. The lowest BCUT2D eigenvalue weighted by Gasteiger charge is -2.09. The average molecular weight is 396 g/mol. The Labute approximate surface area is 161 Å². The fourth-order valence-corrected chi connectivity index (χ4v) is 3.15. The van der Waals surface area contributed by atoms with Crippen LogP contribution in [0, 0.1) is 5.92 Å². The molecule has 0 saturated heterocycles. The van der Waals surface area contributed by atoms with Crippen molar-refractivity contribution >= 4 is 35.3 Å². The van der Waals surface area contributed by atoms with E-state index >= 15 is 0 Å². The van der Waals surface area contributed by atoms with Crippen molar-refractivity contribution in [3.05, 3.63) is 29.3 Å². The largest absolute Gasteiger partial charge is 0.338 e. The molecular formula is C17H22ClN5O2S. The second-order valence-corrected chi connectivity index (χ2v) is 7.38. The Morgan fingerprint density at radius 3 is 2.73 bits per heavy atom. The van der Waals surface area contributed by atoms with Gasteiger partial charge >= 0.3 is 6.03 Å². The number of nitrogens with one attached hydrogen (secondary N) is 2. The molecular weight excluding hydrogens is 374 g/mol. The molecule has 9 heteroatoms. The van der Waals surface area contributed by atoms with E-state index in [0.29, 0.717) is 35.0 Å². The van der Waals surface area contributed by atoms with E-state index in [4.69, 9.17) is 11.6 Å². The van der Waals surface area contributed by atoms with Gasteiger partial charge in [-0.25, -0.2) is 4.79 Å². The number of aromatic nitrogens is 3. The predicted molar refractivity (Wildman–Crippen MR) is 103 cm³/mol. The van der Waals surface area contributed by atoms with Crippen LogP contribution in [-0.2, 0) is 11.3 Å². The molecule has 1 heterocycles. The minimum Gasteiger partial charge on any atom is -0.338 e. The SMILES string of the molecule is CCn1c(SCC(=O)NC(=O)NCC(C)C)nnc1-c1cccc(Cl)c1. The van der Waals surface area contributed by atoms with Gasteiger partial charge in [-0.1, -0.05) is 49.3 Å². The van der Waals surface area contributed by atoms with Gasteiger partial charge in [0.05, 0.1) is 5.75 Å². The van der Waals surface area contributed by atoms with Gasteiger partial charge in [-0.2, -0.15) is 0 Å². The number of urea groups is 1. The molecule has 0 aliphatic rings. The lowest BCUT2D eigenvalue weighted by atomic mass is 10.2. The van der Waals surface area contributed by atoms with Crippen LogP contribution < -0.4 is 10.6 Å². The topological polar surface area (TPSA) is 88.9 Å². The molecule has 0 atom stereocenters. The van der Waals surface area contributed by atoms with Crippen molar-refractivity contribution in [2.75, 3.05) is 12.3 Å². The number of halogens is 1. The van der Waals surface area contributed by atoms with Crippen LogP contribution in [0.4, 0.5) is 4.79 Å². The van der Waals surface area contributed by atoms with Gasteiger partial charge in [-0.15, -0.1) is 10.2 Å². The first kappa shape index (κ1) is 20.3. The number of nitrogens with zero attached hydrogens (tertiary/aromatic N) is 3. The third kappa shape index (κ3) is 5.74. The Bertz CT molecular complexity index is 778. The number of amides is 3. The molecule has 0 bridgehead atoms. The van der Waals surface area contributed by atoms with Gasteiger partial charge in [0, 0.05) is 23.7 Å². The highest BCUT2D eigenvalue weighted by Gasteiger charge is 2.15. The standard InChI is InChI=1S/C17H22ClN5O2S/c1-4-23-15(12-6-5-7-13(18)8-12)21-22-17(23)26-10-14(24)20-16(25)19-9-11(2)3/h5-8,11H,4,9-10H2,1-3H3,(H2,19,20,24,25). The molecule has 140 valence electrons. The molecule has 0 radical (unpaired) electrons. The van der Waals surface area contributed by atoms with Crippen molar-refractivity contribution in [1.82, 2.24) is 25.4 Å². The smallest absolute Gasteiger partial charge is 0.321 e. The maximum absolute atomic E-state index is 11.9. The average Bonchev–Trinajstić information content (AvgIpc) is 3.01. The first-order chi connectivity index (χ1) is 12.4. The summed E-state index contributed by atoms with van der Waals surface area (Å²) in [6.07, 6.45) is 0. The van der Waals surface area contributed by atoms with Gasteiger partial charge in [0.15, 0.2) is 11.0 Å². The van der Waals surface area contributed by atoms with E-state index in [1.54, 1.807) is 6.07 Å². The quantitative estimate of drug-likeness (QED) is 0.703. The summed E-state index contributed by atoms with van der Waals surface area (Å²) in [6, 6.07) is 6.88. The number of thioether (sulfide) groups is 1. The molecule has 0 saturated carbocycles. The lowest BCUT2D eigenvalue weighted by molar-refractivity contribution is -0.117. The number of hydrogen-bond donors (Lipinski definition) is 2. The van der Waals surface area contributed by atoms with Crippen LogP contribution in [0.3, 0.4) is 0 Å². The van der Waals surface area contributed by atoms with Crippen LogP contribution in [0.2, 0.25) is 5.02 Å². The molecule has 0 spiro atoms. The zero-order chi connectivity index (χ0) is 19.1. The second kappa shape index (κ2) is 9.59. The Hall–Kier alpha value is -2.06. The predicted octanol–water partition coefficient (Wildman–Crippen LogP) is 3.19. The van der Waals surface area contributed by atoms with E-state index in [-0.39, 0.29) is 11.7 Å². The van der Waals surface area contributed by atoms with Crippen molar-refractivity contribution in [1.29, 1.82) is 0 Å². The summed E-state index contributed by atoms with van der Waals surface area (Å²) in [5.74, 6) is 0.694. The van der Waals surface area contributed by atoms with Gasteiger partial charge < -0.3 is 9.88 Å². The van der Waals surface area contributed by atoms with Crippen LogP contribution >= 0.6 is 23.4 Å². The highest BCUT2D eigenvalue weighted by Crippen LogP contribution is 2.25. The van der Waals surface area contributed by atoms with Gasteiger partial charge in [0.1, 0.15) is 0 Å². The lowest BCUT2D eigenvalue weighted by Crippen LogP contribution is -2.41. The maximum Gasteiger partial charge on any atom is 0.321 e. The number of imide groups is 1. The fourth-order valence-electron chi connectivity index (χ4n) is 2.16. The zero-order valence-corrected chi connectivity index (χ0v) is 16.5. The van der Waals surface area contributed by atoms with Gasteiger partial charge in [0.25, 0.3) is 0 Å². The van der Waals surface area contributed by atoms with Gasteiger partial charge in [0.2, 0.25) is 5.91 Å². The number of benzene rings is 1. The van der Waals surface area contributed by atoms with E-state index < -0.39 is 6.03 Å². The highest BCUT2D eigenvalue weighted by molar-refractivity contribution is 7.99. The molecule has 26 heavy (non-hydrogen) atoms. The monoisotopic (exact) mass is 395 g/mol. The van der Waals surface area contributed by atoms with Crippen molar-refractivity contribution in [3.8, 4) is 11.4 Å². The summed E-state index contributed by atoms with van der Waals surface area (Å²) in [5.41, 5.74) is 0.858. The molecule has 7 nitrogen and oxygen atoms in total. The summed E-state index contributed by atoms with van der Waals surface area (Å²) >= 11 is 7.27. The Balaban J connectivity index is 1.98. The van der Waals surface area contributed by atoms with Crippen LogP contribution in [-0.4, -0.2) is 39.0 Å². The van der Waals surface area contributed by atoms with Crippen molar-refractivity contribution in [2.45, 2.75) is 32.5 Å². The second-order valence-electron chi connectivity index (χ2n) is 6.00. The summed E-state index contributed by atoms with van der Waals surface area (Å²) in [4.78, 5) is 23.5. The Kier molecular flexibility index (Phi) is 7.47. The highest BCUT2D eigenvalue weighted by atomic mass is 35.5. The summed E-state index contributed by atoms with van der Waals surface area (Å²) in [5, 5.41) is 14.5. The zero-order valence-electron chi connectivity index (χ0n) is 15.0. The molecule has 2 aromatic rings. The first-order valence-corrected chi connectivity index (χ1v) is 9.66. The van der Waals surface area contributed by atoms with E-state index in [9.17, 15) is 9.59 Å². The molecule has 0 aliphatic carbocycles. The minimum atomic E-state index is -0.485. The van der Waals surface area contributed by atoms with Crippen molar-refractivity contribution in [2.24, 2.45) is 5.92 Å². The van der Waals surface area contributed by atoms with Crippen molar-refractivity contribution < 1.29 is 9.59 Å². The van der Waals surface area contributed by atoms with Gasteiger partial charge in [-0.3, -0.25) is 10.1 Å². The number of hydrogen-bond acceptors (Lipinski definition) is 5. The molecule has 0 aliphatic heterocycles. The summed E-state index contributed by atoms with van der Waals surface area (Å²) < 4.78 is 1.91. The van der Waals surface area contributed by atoms with E-state index in [1.165, 1.54) is 11.8 Å². The van der Waals surface area contributed by atoms with Gasteiger partial charge in [-0.05, 0) is 25.0 Å². The summed E-state index contributed by atoms with van der Waals surface area (Å²) in [6.45, 7) is 7.09. The molecule has 2 N–H and O–H groups in total. The third-order valence-corrected chi connectivity index (χ3v) is 4.57. The van der Waals surface area contributed by atoms with E-state index in [2.05, 4.69) is 20.8 Å². The van der Waals surface area contributed by atoms with Crippen LogP contribution in [0.1, 0.15) is 20.8 Å². The number of carbonyl (C=O) groups is 2. The molecule has 0 unspecified atom stereocenters. The van der Waals surface area contributed by atoms with Crippen LogP contribution in [0.25, 0.3) is 11.4 Å². The number of rotatable bonds is 7. The molecule has 0 fully saturated rings.